The Morgan fingerprint density at radius 3 is 2.60 bits per heavy atom. The molecule has 0 aliphatic heterocycles. The first-order valence-corrected chi connectivity index (χ1v) is 6.35. The summed E-state index contributed by atoms with van der Waals surface area (Å²) < 4.78 is 0.270. The first kappa shape index (κ1) is 14.1. The zero-order valence-electron chi connectivity index (χ0n) is 11.0. The van der Waals surface area contributed by atoms with E-state index in [0.717, 1.165) is 0 Å². The van der Waals surface area contributed by atoms with E-state index in [1.54, 1.807) is 26.0 Å². The standard InChI is InChI=1S/C13H13N3O3S/c1-7-3-4-9(6-11(7)16(18)19)5-10-8(2)14-13(20)15-12(10)17/h3-4,6H,5H2,1-2H3,(H2,14,15,17,20). The molecule has 20 heavy (non-hydrogen) atoms. The van der Waals surface area contributed by atoms with E-state index in [1.165, 1.54) is 6.07 Å². The van der Waals surface area contributed by atoms with Gasteiger partial charge in [0.25, 0.3) is 11.2 Å². The van der Waals surface area contributed by atoms with E-state index in [1.807, 2.05) is 0 Å². The van der Waals surface area contributed by atoms with Crippen molar-refractivity contribution in [2.45, 2.75) is 20.3 Å². The van der Waals surface area contributed by atoms with Gasteiger partial charge in [0.05, 0.1) is 4.92 Å². The number of H-pyrrole nitrogens is 2. The highest BCUT2D eigenvalue weighted by molar-refractivity contribution is 7.71. The summed E-state index contributed by atoms with van der Waals surface area (Å²) in [5, 5.41) is 10.9. The van der Waals surface area contributed by atoms with Gasteiger partial charge in [-0.15, -0.1) is 0 Å². The van der Waals surface area contributed by atoms with Crippen LogP contribution in [0.25, 0.3) is 0 Å². The first-order valence-electron chi connectivity index (χ1n) is 5.94. The van der Waals surface area contributed by atoms with Crippen molar-refractivity contribution in [1.29, 1.82) is 0 Å². The fourth-order valence-electron chi connectivity index (χ4n) is 2.00. The minimum atomic E-state index is -0.422. The molecule has 0 fully saturated rings. The van der Waals surface area contributed by atoms with Crippen molar-refractivity contribution in [3.63, 3.8) is 0 Å². The highest BCUT2D eigenvalue weighted by Gasteiger charge is 2.13. The number of nitro benzene ring substituents is 1. The normalized spacial score (nSPS) is 10.5. The SMILES string of the molecule is Cc1ccc(Cc2c(C)[nH]c(=S)[nH]c2=O)cc1[N+](=O)[O-]. The number of benzene rings is 1. The molecule has 0 aliphatic rings. The molecular weight excluding hydrogens is 278 g/mol. The molecule has 2 rings (SSSR count). The van der Waals surface area contributed by atoms with E-state index in [-0.39, 0.29) is 16.0 Å². The lowest BCUT2D eigenvalue weighted by Gasteiger charge is -2.06. The molecular formula is C13H13N3O3S. The van der Waals surface area contributed by atoms with Crippen LogP contribution in [0.1, 0.15) is 22.4 Å². The molecule has 0 unspecified atom stereocenters. The highest BCUT2D eigenvalue weighted by atomic mass is 32.1. The summed E-state index contributed by atoms with van der Waals surface area (Å²) in [5.74, 6) is 0. The van der Waals surface area contributed by atoms with E-state index < -0.39 is 4.92 Å². The second-order valence-corrected chi connectivity index (χ2v) is 4.97. The van der Waals surface area contributed by atoms with Crippen LogP contribution >= 0.6 is 12.2 Å². The van der Waals surface area contributed by atoms with Gasteiger partial charge >= 0.3 is 0 Å². The van der Waals surface area contributed by atoms with Gasteiger partial charge in [0, 0.05) is 29.3 Å². The maximum atomic E-state index is 11.9. The van der Waals surface area contributed by atoms with Crippen LogP contribution in [-0.2, 0) is 6.42 Å². The molecule has 2 aromatic rings. The molecule has 0 spiro atoms. The van der Waals surface area contributed by atoms with Crippen LogP contribution in [0, 0.1) is 28.7 Å². The average Bonchev–Trinajstić information content (AvgIpc) is 2.35. The van der Waals surface area contributed by atoms with Gasteiger partial charge in [-0.25, -0.2) is 0 Å². The number of aromatic amines is 2. The van der Waals surface area contributed by atoms with Crippen molar-refractivity contribution >= 4 is 17.9 Å². The Balaban J connectivity index is 2.46. The first-order chi connectivity index (χ1) is 9.38. The Morgan fingerprint density at radius 1 is 1.30 bits per heavy atom. The minimum Gasteiger partial charge on any atom is -0.336 e. The van der Waals surface area contributed by atoms with Crippen LogP contribution in [-0.4, -0.2) is 14.9 Å². The molecule has 2 N–H and O–H groups in total. The van der Waals surface area contributed by atoms with Crippen LogP contribution in [0.15, 0.2) is 23.0 Å². The zero-order chi connectivity index (χ0) is 14.9. The molecule has 0 bridgehead atoms. The van der Waals surface area contributed by atoms with Gasteiger partial charge in [-0.2, -0.15) is 0 Å². The third-order valence-electron chi connectivity index (χ3n) is 3.11. The number of nitrogens with one attached hydrogen (secondary N) is 2. The van der Waals surface area contributed by atoms with E-state index in [4.69, 9.17) is 12.2 Å². The number of aryl methyl sites for hydroxylation is 2. The van der Waals surface area contributed by atoms with Crippen LogP contribution < -0.4 is 5.56 Å². The number of hydrogen-bond donors (Lipinski definition) is 2. The monoisotopic (exact) mass is 291 g/mol. The molecule has 104 valence electrons. The van der Waals surface area contributed by atoms with Crippen molar-refractivity contribution in [2.24, 2.45) is 0 Å². The third-order valence-corrected chi connectivity index (χ3v) is 3.31. The Bertz CT molecular complexity index is 792. The van der Waals surface area contributed by atoms with Gasteiger partial charge in [-0.1, -0.05) is 12.1 Å². The fourth-order valence-corrected chi connectivity index (χ4v) is 2.25. The molecule has 7 heteroatoms. The van der Waals surface area contributed by atoms with Crippen LogP contribution in [0.2, 0.25) is 0 Å². The smallest absolute Gasteiger partial charge is 0.272 e. The predicted octanol–water partition coefficient (Wildman–Crippen LogP) is 2.55. The summed E-state index contributed by atoms with van der Waals surface area (Å²) in [4.78, 5) is 27.8. The van der Waals surface area contributed by atoms with Crippen molar-refractivity contribution in [3.8, 4) is 0 Å². The van der Waals surface area contributed by atoms with Gasteiger partial charge in [-0.05, 0) is 31.6 Å². The number of nitrogens with zero attached hydrogens (tertiary/aromatic N) is 1. The average molecular weight is 291 g/mol. The van der Waals surface area contributed by atoms with Crippen LogP contribution in [0.3, 0.4) is 0 Å². The molecule has 0 atom stereocenters. The number of rotatable bonds is 3. The van der Waals surface area contributed by atoms with Crippen molar-refractivity contribution in [3.05, 3.63) is 65.8 Å². The van der Waals surface area contributed by atoms with Gasteiger partial charge in [0.15, 0.2) is 4.77 Å². The summed E-state index contributed by atoms with van der Waals surface area (Å²) in [6.45, 7) is 3.43. The number of aromatic nitrogens is 2. The number of nitro groups is 1. The lowest BCUT2D eigenvalue weighted by molar-refractivity contribution is -0.385. The Kier molecular flexibility index (Phi) is 3.80. The third kappa shape index (κ3) is 2.83. The van der Waals surface area contributed by atoms with Crippen LogP contribution in [0.4, 0.5) is 5.69 Å². The summed E-state index contributed by atoms with van der Waals surface area (Å²) >= 11 is 4.88. The largest absolute Gasteiger partial charge is 0.336 e. The minimum absolute atomic E-state index is 0.0560. The second-order valence-electron chi connectivity index (χ2n) is 4.57. The lowest BCUT2D eigenvalue weighted by atomic mass is 10.0. The van der Waals surface area contributed by atoms with Crippen molar-refractivity contribution < 1.29 is 4.92 Å². The molecule has 1 aromatic heterocycles. The molecule has 0 saturated heterocycles. The summed E-state index contributed by atoms with van der Waals surface area (Å²) in [6.07, 6.45) is 0.314. The second kappa shape index (κ2) is 5.38. The maximum Gasteiger partial charge on any atom is 0.272 e. The van der Waals surface area contributed by atoms with Gasteiger partial charge < -0.3 is 4.98 Å². The Labute approximate surface area is 119 Å². The maximum absolute atomic E-state index is 11.9. The predicted molar refractivity (Wildman–Crippen MR) is 77.6 cm³/mol. The van der Waals surface area contributed by atoms with E-state index in [2.05, 4.69) is 9.97 Å². The Hall–Kier alpha value is -2.28. The van der Waals surface area contributed by atoms with E-state index >= 15 is 0 Å². The topological polar surface area (TPSA) is 91.8 Å². The van der Waals surface area contributed by atoms with Crippen molar-refractivity contribution in [1.82, 2.24) is 9.97 Å². The molecule has 1 heterocycles. The Morgan fingerprint density at radius 2 is 2.00 bits per heavy atom. The molecule has 0 saturated carbocycles. The lowest BCUT2D eigenvalue weighted by Crippen LogP contribution is -2.16. The van der Waals surface area contributed by atoms with Gasteiger partial charge in [0.1, 0.15) is 0 Å². The van der Waals surface area contributed by atoms with E-state index in [0.29, 0.717) is 28.8 Å². The molecule has 1 aromatic carbocycles. The van der Waals surface area contributed by atoms with Crippen LogP contribution in [0.5, 0.6) is 0 Å². The van der Waals surface area contributed by atoms with E-state index in [9.17, 15) is 14.9 Å². The molecule has 0 aliphatic carbocycles. The van der Waals surface area contributed by atoms with Gasteiger partial charge in [-0.3, -0.25) is 19.9 Å². The van der Waals surface area contributed by atoms with Gasteiger partial charge in [0.2, 0.25) is 0 Å². The summed E-state index contributed by atoms with van der Waals surface area (Å²) in [6, 6.07) is 4.96. The molecule has 0 radical (unpaired) electrons. The quantitative estimate of drug-likeness (QED) is 0.516. The molecule has 0 amide bonds. The molecule has 6 nitrogen and oxygen atoms in total. The summed E-state index contributed by atoms with van der Waals surface area (Å²) in [7, 11) is 0. The summed E-state index contributed by atoms with van der Waals surface area (Å²) in [5.41, 5.74) is 2.28. The fraction of sp³-hybridized carbons (Fsp3) is 0.231. The number of hydrogen-bond acceptors (Lipinski definition) is 4. The zero-order valence-corrected chi connectivity index (χ0v) is 11.8. The highest BCUT2D eigenvalue weighted by Crippen LogP contribution is 2.20. The van der Waals surface area contributed by atoms with Crippen molar-refractivity contribution in [2.75, 3.05) is 0 Å².